The van der Waals surface area contributed by atoms with Crippen LogP contribution in [-0.4, -0.2) is 0 Å². The Balaban J connectivity index is 4.54. The molecule has 0 heteroatoms. The zero-order valence-electron chi connectivity index (χ0n) is 8.56. The van der Waals surface area contributed by atoms with Crippen molar-refractivity contribution in [1.82, 2.24) is 0 Å². The van der Waals surface area contributed by atoms with Crippen LogP contribution >= 0.6 is 0 Å². The molecule has 68 valence electrons. The van der Waals surface area contributed by atoms with Gasteiger partial charge >= 0.3 is 0 Å². The van der Waals surface area contributed by atoms with E-state index in [-0.39, 0.29) is 0 Å². The number of hydrogen-bond donors (Lipinski definition) is 0. The predicted octanol–water partition coefficient (Wildman–Crippen LogP) is 4.11. The monoisotopic (exact) mass is 164 g/mol. The zero-order valence-corrected chi connectivity index (χ0v) is 8.56. The smallest absolute Gasteiger partial charge is 0.0191 e. The van der Waals surface area contributed by atoms with Gasteiger partial charge in [0.2, 0.25) is 0 Å². The molecule has 12 heavy (non-hydrogen) atoms. The van der Waals surface area contributed by atoms with Gasteiger partial charge in [-0.25, -0.2) is 0 Å². The minimum Gasteiger partial charge on any atom is -0.0991 e. The highest BCUT2D eigenvalue weighted by Crippen LogP contribution is 2.23. The summed E-state index contributed by atoms with van der Waals surface area (Å²) < 4.78 is 0. The van der Waals surface area contributed by atoms with Crippen molar-refractivity contribution in [3.8, 4) is 0 Å². The third-order valence-corrected chi connectivity index (χ3v) is 2.28. The topological polar surface area (TPSA) is 0 Å². The van der Waals surface area contributed by atoms with Crippen LogP contribution in [0.5, 0.6) is 0 Å². The third kappa shape index (κ3) is 3.08. The molecule has 0 spiro atoms. The van der Waals surface area contributed by atoms with Gasteiger partial charge < -0.3 is 0 Å². The first-order chi connectivity index (χ1) is 5.67. The Morgan fingerprint density at radius 2 is 2.00 bits per heavy atom. The Labute approximate surface area is 76.7 Å². The highest BCUT2D eigenvalue weighted by molar-refractivity contribution is 5.32. The predicted molar refractivity (Wildman–Crippen MR) is 57.2 cm³/mol. The van der Waals surface area contributed by atoms with Crippen LogP contribution in [0.15, 0.2) is 36.5 Å². The molecule has 0 N–H and O–H groups in total. The largest absolute Gasteiger partial charge is 0.0991 e. The van der Waals surface area contributed by atoms with E-state index in [2.05, 4.69) is 40.0 Å². The summed E-state index contributed by atoms with van der Waals surface area (Å²) in [5.41, 5.74) is 2.60. The van der Waals surface area contributed by atoms with E-state index in [0.29, 0.717) is 5.92 Å². The Bertz CT molecular complexity index is 184. The molecule has 0 heterocycles. The third-order valence-electron chi connectivity index (χ3n) is 2.28. The summed E-state index contributed by atoms with van der Waals surface area (Å²) in [6.45, 7) is 14.3. The molecule has 0 amide bonds. The van der Waals surface area contributed by atoms with Gasteiger partial charge in [-0.15, -0.1) is 0 Å². The summed E-state index contributed by atoms with van der Waals surface area (Å²) in [6, 6.07) is 0. The van der Waals surface area contributed by atoms with E-state index in [1.807, 2.05) is 6.08 Å². The van der Waals surface area contributed by atoms with Crippen molar-refractivity contribution < 1.29 is 0 Å². The maximum atomic E-state index is 4.05. The van der Waals surface area contributed by atoms with E-state index in [4.69, 9.17) is 0 Å². The van der Waals surface area contributed by atoms with Crippen molar-refractivity contribution in [2.45, 2.75) is 33.6 Å². The second-order valence-electron chi connectivity index (χ2n) is 3.12. The molecule has 0 saturated carbocycles. The molecule has 0 nitrogen and oxygen atoms in total. The lowest BCUT2D eigenvalue weighted by atomic mass is 9.91. The maximum Gasteiger partial charge on any atom is -0.0191 e. The van der Waals surface area contributed by atoms with E-state index in [0.717, 1.165) is 6.42 Å². The summed E-state index contributed by atoms with van der Waals surface area (Å²) in [7, 11) is 0. The lowest BCUT2D eigenvalue weighted by molar-refractivity contribution is 0.657. The molecule has 0 aromatic heterocycles. The van der Waals surface area contributed by atoms with Crippen LogP contribution in [0.2, 0.25) is 0 Å². The number of hydrogen-bond acceptors (Lipinski definition) is 0. The minimum absolute atomic E-state index is 0.607. The lowest BCUT2D eigenvalue weighted by Gasteiger charge is -2.14. The number of rotatable bonds is 5. The van der Waals surface area contributed by atoms with Crippen LogP contribution in [0, 0.1) is 5.92 Å². The van der Waals surface area contributed by atoms with Gasteiger partial charge in [-0.3, -0.25) is 0 Å². The Kier molecular flexibility index (Phi) is 5.44. The van der Waals surface area contributed by atoms with Gasteiger partial charge in [-0.1, -0.05) is 51.7 Å². The molecule has 0 aliphatic heterocycles. The molecular weight excluding hydrogens is 144 g/mol. The molecule has 0 bridgehead atoms. The van der Waals surface area contributed by atoms with Crippen LogP contribution < -0.4 is 0 Å². The fourth-order valence-electron chi connectivity index (χ4n) is 1.18. The Morgan fingerprint density at radius 3 is 2.33 bits per heavy atom. The van der Waals surface area contributed by atoms with Crippen LogP contribution in [-0.2, 0) is 0 Å². The fourth-order valence-corrected chi connectivity index (χ4v) is 1.18. The summed E-state index contributed by atoms with van der Waals surface area (Å²) in [5.74, 6) is 0.607. The van der Waals surface area contributed by atoms with E-state index in [9.17, 15) is 0 Å². The van der Waals surface area contributed by atoms with Gasteiger partial charge in [0, 0.05) is 0 Å². The molecule has 0 aromatic rings. The van der Waals surface area contributed by atoms with E-state index in [1.165, 1.54) is 17.6 Å². The van der Waals surface area contributed by atoms with Crippen molar-refractivity contribution in [2.75, 3.05) is 0 Å². The SMILES string of the molecule is C=C/C=C(\C(=C)CC)C(C)CC. The molecule has 0 aromatic carbocycles. The van der Waals surface area contributed by atoms with Gasteiger partial charge in [0.05, 0.1) is 0 Å². The van der Waals surface area contributed by atoms with E-state index >= 15 is 0 Å². The molecule has 0 radical (unpaired) electrons. The van der Waals surface area contributed by atoms with Crippen molar-refractivity contribution >= 4 is 0 Å². The molecular formula is C12H20. The second kappa shape index (κ2) is 5.82. The quantitative estimate of drug-likeness (QED) is 0.536. The maximum absolute atomic E-state index is 4.05. The van der Waals surface area contributed by atoms with Crippen LogP contribution in [0.25, 0.3) is 0 Å². The first-order valence-corrected chi connectivity index (χ1v) is 4.68. The highest BCUT2D eigenvalue weighted by Gasteiger charge is 2.07. The van der Waals surface area contributed by atoms with Gasteiger partial charge in [0.15, 0.2) is 0 Å². The standard InChI is InChI=1S/C12H20/c1-6-9-12(10(4)7-2)11(5)8-3/h6,9,11H,1,4,7-8H2,2-3,5H3/b12-9+. The van der Waals surface area contributed by atoms with Crippen molar-refractivity contribution in [1.29, 1.82) is 0 Å². The Hall–Kier alpha value is -0.780. The molecule has 0 aliphatic rings. The average Bonchev–Trinajstić information content (AvgIpc) is 2.11. The number of allylic oxidation sites excluding steroid dienone is 4. The average molecular weight is 164 g/mol. The summed E-state index contributed by atoms with van der Waals surface area (Å²) in [6.07, 6.45) is 6.13. The normalized spacial score (nSPS) is 14.1. The van der Waals surface area contributed by atoms with Crippen molar-refractivity contribution in [2.24, 2.45) is 5.92 Å². The lowest BCUT2D eigenvalue weighted by Crippen LogP contribution is -1.99. The summed E-state index contributed by atoms with van der Waals surface area (Å²) in [4.78, 5) is 0. The molecule has 0 fully saturated rings. The molecule has 0 aliphatic carbocycles. The Morgan fingerprint density at radius 1 is 1.42 bits per heavy atom. The first-order valence-electron chi connectivity index (χ1n) is 4.68. The summed E-state index contributed by atoms with van der Waals surface area (Å²) >= 11 is 0. The molecule has 0 rings (SSSR count). The van der Waals surface area contributed by atoms with Gasteiger partial charge in [0.25, 0.3) is 0 Å². The summed E-state index contributed by atoms with van der Waals surface area (Å²) in [5, 5.41) is 0. The van der Waals surface area contributed by atoms with Gasteiger partial charge in [-0.05, 0) is 24.3 Å². The van der Waals surface area contributed by atoms with Crippen molar-refractivity contribution in [3.63, 3.8) is 0 Å². The zero-order chi connectivity index (χ0) is 9.56. The fraction of sp³-hybridized carbons (Fsp3) is 0.500. The van der Waals surface area contributed by atoms with E-state index in [1.54, 1.807) is 0 Å². The first kappa shape index (κ1) is 11.2. The molecule has 0 saturated heterocycles. The van der Waals surface area contributed by atoms with Crippen molar-refractivity contribution in [3.05, 3.63) is 36.5 Å². The second-order valence-corrected chi connectivity index (χ2v) is 3.12. The molecule has 1 atom stereocenters. The van der Waals surface area contributed by atoms with E-state index < -0.39 is 0 Å². The van der Waals surface area contributed by atoms with Gasteiger partial charge in [0.1, 0.15) is 0 Å². The highest BCUT2D eigenvalue weighted by atomic mass is 14.1. The van der Waals surface area contributed by atoms with Crippen LogP contribution in [0.4, 0.5) is 0 Å². The van der Waals surface area contributed by atoms with Crippen LogP contribution in [0.3, 0.4) is 0 Å². The van der Waals surface area contributed by atoms with Crippen LogP contribution in [0.1, 0.15) is 33.6 Å². The minimum atomic E-state index is 0.607. The molecule has 1 unspecified atom stereocenters. The van der Waals surface area contributed by atoms with Gasteiger partial charge in [-0.2, -0.15) is 0 Å².